The monoisotopic (exact) mass is 269 g/mol. The van der Waals surface area contributed by atoms with Crippen molar-refractivity contribution in [1.29, 1.82) is 0 Å². The maximum absolute atomic E-state index is 13.2. The van der Waals surface area contributed by atoms with Crippen molar-refractivity contribution in [1.82, 2.24) is 15.1 Å². The molecule has 6 heteroatoms. The lowest BCUT2D eigenvalue weighted by atomic mass is 10.2. The summed E-state index contributed by atoms with van der Waals surface area (Å²) in [6, 6.07) is 8.31. The van der Waals surface area contributed by atoms with Gasteiger partial charge in [0.2, 0.25) is 0 Å². The third kappa shape index (κ3) is 2.96. The predicted molar refractivity (Wildman–Crippen MR) is 65.9 cm³/mol. The van der Waals surface area contributed by atoms with Crippen LogP contribution in [0.15, 0.2) is 36.5 Å². The van der Waals surface area contributed by atoms with Crippen LogP contribution in [-0.2, 0) is 12.7 Å². The largest absolute Gasteiger partial charge is 0.433 e. The van der Waals surface area contributed by atoms with Crippen molar-refractivity contribution in [2.75, 3.05) is 6.54 Å². The van der Waals surface area contributed by atoms with E-state index < -0.39 is 11.9 Å². The first-order valence-corrected chi connectivity index (χ1v) is 5.94. The van der Waals surface area contributed by atoms with E-state index in [1.807, 2.05) is 6.92 Å². The molecule has 2 aromatic rings. The first kappa shape index (κ1) is 13.6. The lowest BCUT2D eigenvalue weighted by molar-refractivity contribution is -0.143. The Morgan fingerprint density at radius 2 is 1.89 bits per heavy atom. The van der Waals surface area contributed by atoms with Crippen molar-refractivity contribution in [2.45, 2.75) is 19.6 Å². The van der Waals surface area contributed by atoms with Crippen LogP contribution in [0.2, 0.25) is 0 Å². The molecule has 19 heavy (non-hydrogen) atoms. The predicted octanol–water partition coefficient (Wildman–Crippen LogP) is 3.00. The number of hydrogen-bond acceptors (Lipinski definition) is 2. The van der Waals surface area contributed by atoms with Crippen LogP contribution < -0.4 is 5.32 Å². The second-order valence-corrected chi connectivity index (χ2v) is 4.04. The molecule has 0 radical (unpaired) electrons. The number of aromatic nitrogens is 2. The molecule has 0 amide bonds. The van der Waals surface area contributed by atoms with Gasteiger partial charge in [-0.05, 0) is 18.7 Å². The first-order chi connectivity index (χ1) is 9.04. The minimum Gasteiger partial charge on any atom is -0.313 e. The van der Waals surface area contributed by atoms with Crippen molar-refractivity contribution >= 4 is 0 Å². The van der Waals surface area contributed by atoms with Gasteiger partial charge in [-0.3, -0.25) is 0 Å². The summed E-state index contributed by atoms with van der Waals surface area (Å²) in [6.07, 6.45) is -3.17. The van der Waals surface area contributed by atoms with Crippen LogP contribution in [0, 0.1) is 0 Å². The zero-order valence-electron chi connectivity index (χ0n) is 10.4. The summed E-state index contributed by atoms with van der Waals surface area (Å²) in [5.74, 6) is 0. The van der Waals surface area contributed by atoms with Crippen LogP contribution in [0.5, 0.6) is 0 Å². The Bertz CT molecular complexity index is 532. The molecule has 0 atom stereocenters. The summed E-state index contributed by atoms with van der Waals surface area (Å²) in [5, 5.41) is 6.75. The Balaban J connectivity index is 2.47. The topological polar surface area (TPSA) is 29.9 Å². The SMILES string of the molecule is CCNCc1cnn(-c2ccccc2)c1C(F)(F)F. The third-order valence-electron chi connectivity index (χ3n) is 2.68. The number of rotatable bonds is 4. The van der Waals surface area contributed by atoms with Crippen molar-refractivity contribution in [2.24, 2.45) is 0 Å². The fourth-order valence-corrected chi connectivity index (χ4v) is 1.84. The normalized spacial score (nSPS) is 11.8. The zero-order chi connectivity index (χ0) is 13.9. The zero-order valence-corrected chi connectivity index (χ0v) is 10.4. The van der Waals surface area contributed by atoms with Gasteiger partial charge in [-0.15, -0.1) is 0 Å². The molecule has 2 rings (SSSR count). The van der Waals surface area contributed by atoms with Crippen LogP contribution in [0.1, 0.15) is 18.2 Å². The van der Waals surface area contributed by atoms with Gasteiger partial charge in [0.1, 0.15) is 0 Å². The second kappa shape index (κ2) is 5.44. The molecule has 3 nitrogen and oxygen atoms in total. The average molecular weight is 269 g/mol. The summed E-state index contributed by atoms with van der Waals surface area (Å²) < 4.78 is 40.4. The van der Waals surface area contributed by atoms with Gasteiger partial charge in [0.05, 0.1) is 11.9 Å². The highest BCUT2D eigenvalue weighted by atomic mass is 19.4. The summed E-state index contributed by atoms with van der Waals surface area (Å²) >= 11 is 0. The third-order valence-corrected chi connectivity index (χ3v) is 2.68. The van der Waals surface area contributed by atoms with Gasteiger partial charge >= 0.3 is 6.18 Å². The van der Waals surface area contributed by atoms with E-state index in [0.717, 1.165) is 4.68 Å². The van der Waals surface area contributed by atoms with Crippen LogP contribution in [0.4, 0.5) is 13.2 Å². The highest BCUT2D eigenvalue weighted by Gasteiger charge is 2.38. The quantitative estimate of drug-likeness (QED) is 0.924. The van der Waals surface area contributed by atoms with E-state index in [1.165, 1.54) is 6.20 Å². The van der Waals surface area contributed by atoms with E-state index in [9.17, 15) is 13.2 Å². The molecule has 0 aliphatic heterocycles. The van der Waals surface area contributed by atoms with Crippen molar-refractivity contribution < 1.29 is 13.2 Å². The molecule has 102 valence electrons. The molecule has 0 saturated heterocycles. The van der Waals surface area contributed by atoms with Gasteiger partial charge in [-0.25, -0.2) is 4.68 Å². The minimum atomic E-state index is -4.43. The molecular weight excluding hydrogens is 255 g/mol. The fourth-order valence-electron chi connectivity index (χ4n) is 1.84. The first-order valence-electron chi connectivity index (χ1n) is 5.94. The second-order valence-electron chi connectivity index (χ2n) is 4.04. The van der Waals surface area contributed by atoms with Crippen molar-refractivity contribution in [3.63, 3.8) is 0 Å². The summed E-state index contributed by atoms with van der Waals surface area (Å²) in [5.41, 5.74) is -0.171. The lowest BCUT2D eigenvalue weighted by Crippen LogP contribution is -2.19. The van der Waals surface area contributed by atoms with Crippen LogP contribution in [-0.4, -0.2) is 16.3 Å². The Morgan fingerprint density at radius 3 is 2.47 bits per heavy atom. The van der Waals surface area contributed by atoms with E-state index >= 15 is 0 Å². The molecule has 0 spiro atoms. The number of benzene rings is 1. The molecule has 1 N–H and O–H groups in total. The molecule has 1 aromatic carbocycles. The van der Waals surface area contributed by atoms with Gasteiger partial charge < -0.3 is 5.32 Å². The van der Waals surface area contributed by atoms with Gasteiger partial charge in [-0.2, -0.15) is 18.3 Å². The Morgan fingerprint density at radius 1 is 1.21 bits per heavy atom. The molecular formula is C13H14F3N3. The molecule has 0 fully saturated rings. The number of nitrogens with zero attached hydrogens (tertiary/aromatic N) is 2. The summed E-state index contributed by atoms with van der Waals surface area (Å²) in [7, 11) is 0. The summed E-state index contributed by atoms with van der Waals surface area (Å²) in [4.78, 5) is 0. The molecule has 1 heterocycles. The smallest absolute Gasteiger partial charge is 0.313 e. The van der Waals surface area contributed by atoms with Crippen molar-refractivity contribution in [3.05, 3.63) is 47.8 Å². The van der Waals surface area contributed by atoms with Gasteiger partial charge in [0, 0.05) is 12.1 Å². The van der Waals surface area contributed by atoms with Crippen LogP contribution >= 0.6 is 0 Å². The molecule has 0 unspecified atom stereocenters. The molecule has 0 bridgehead atoms. The Labute approximate surface area is 109 Å². The van der Waals surface area contributed by atoms with Crippen LogP contribution in [0.3, 0.4) is 0 Å². The fraction of sp³-hybridized carbons (Fsp3) is 0.308. The number of alkyl halides is 3. The number of halogens is 3. The van der Waals surface area contributed by atoms with Crippen molar-refractivity contribution in [3.8, 4) is 5.69 Å². The Hall–Kier alpha value is -1.82. The van der Waals surface area contributed by atoms with E-state index in [2.05, 4.69) is 10.4 Å². The summed E-state index contributed by atoms with van der Waals surface area (Å²) in [6.45, 7) is 2.60. The minimum absolute atomic E-state index is 0.151. The number of nitrogens with one attached hydrogen (secondary N) is 1. The van der Waals surface area contributed by atoms with E-state index in [-0.39, 0.29) is 12.1 Å². The van der Waals surface area contributed by atoms with E-state index in [1.54, 1.807) is 30.3 Å². The maximum Gasteiger partial charge on any atom is 0.433 e. The molecule has 0 aliphatic rings. The molecule has 0 saturated carbocycles. The van der Waals surface area contributed by atoms with E-state index in [4.69, 9.17) is 0 Å². The lowest BCUT2D eigenvalue weighted by Gasteiger charge is -2.12. The van der Waals surface area contributed by atoms with Gasteiger partial charge in [0.15, 0.2) is 5.69 Å². The van der Waals surface area contributed by atoms with Gasteiger partial charge in [0.25, 0.3) is 0 Å². The average Bonchev–Trinajstić information content (AvgIpc) is 2.81. The number of para-hydroxylation sites is 1. The van der Waals surface area contributed by atoms with E-state index in [0.29, 0.717) is 12.2 Å². The maximum atomic E-state index is 13.2. The highest BCUT2D eigenvalue weighted by Crippen LogP contribution is 2.33. The highest BCUT2D eigenvalue weighted by molar-refractivity contribution is 5.36. The number of hydrogen-bond donors (Lipinski definition) is 1. The molecule has 0 aliphatic carbocycles. The molecule has 1 aromatic heterocycles. The Kier molecular flexibility index (Phi) is 3.90. The van der Waals surface area contributed by atoms with Gasteiger partial charge in [-0.1, -0.05) is 25.1 Å². The standard InChI is InChI=1S/C13H14F3N3/c1-2-17-8-10-9-18-19(12(10)13(14,15)16)11-6-4-3-5-7-11/h3-7,9,17H,2,8H2,1H3. The van der Waals surface area contributed by atoms with Crippen LogP contribution in [0.25, 0.3) is 5.69 Å².